The summed E-state index contributed by atoms with van der Waals surface area (Å²) in [6.07, 6.45) is 0. The molecule has 0 atom stereocenters. The van der Waals surface area contributed by atoms with Crippen molar-refractivity contribution in [2.45, 2.75) is 18.4 Å². The number of nitrogens with zero attached hydrogens (tertiary/aromatic N) is 2. The van der Waals surface area contributed by atoms with Crippen LogP contribution in [0.2, 0.25) is 0 Å². The number of halogens is 2. The Bertz CT molecular complexity index is 990. The van der Waals surface area contributed by atoms with Crippen molar-refractivity contribution in [1.29, 1.82) is 0 Å². The van der Waals surface area contributed by atoms with Gasteiger partial charge in [-0.25, -0.2) is 8.42 Å². The standard InChI is InChI=1S/C14H11F2N3O3S2/c1-8-5-6-11(22-14(15)16)10(7-8)19-24(20,21)12-4-2-3-9-13(12)18-23-17-9/h2-7,14,19H,1H3. The highest BCUT2D eigenvalue weighted by Crippen LogP contribution is 2.31. The van der Waals surface area contributed by atoms with Crippen LogP contribution in [0, 0.1) is 6.92 Å². The Hall–Kier alpha value is -2.33. The Balaban J connectivity index is 2.04. The maximum atomic E-state index is 12.6. The molecule has 0 aliphatic heterocycles. The van der Waals surface area contributed by atoms with E-state index >= 15 is 0 Å². The summed E-state index contributed by atoms with van der Waals surface area (Å²) in [6.45, 7) is -1.36. The van der Waals surface area contributed by atoms with Crippen molar-refractivity contribution in [2.24, 2.45) is 0 Å². The maximum Gasteiger partial charge on any atom is 0.387 e. The van der Waals surface area contributed by atoms with E-state index in [1.54, 1.807) is 19.1 Å². The van der Waals surface area contributed by atoms with Crippen LogP contribution in [0.3, 0.4) is 0 Å². The fraction of sp³-hybridized carbons (Fsp3) is 0.143. The van der Waals surface area contributed by atoms with E-state index in [-0.39, 0.29) is 21.8 Å². The smallest absolute Gasteiger partial charge is 0.387 e. The van der Waals surface area contributed by atoms with E-state index in [4.69, 9.17) is 0 Å². The van der Waals surface area contributed by atoms with Gasteiger partial charge in [0.25, 0.3) is 10.0 Å². The van der Waals surface area contributed by atoms with Gasteiger partial charge in [-0.2, -0.15) is 17.5 Å². The number of hydrogen-bond acceptors (Lipinski definition) is 6. The molecule has 0 spiro atoms. The molecule has 0 aliphatic rings. The minimum absolute atomic E-state index is 0.0736. The summed E-state index contributed by atoms with van der Waals surface area (Å²) in [4.78, 5) is -0.0850. The second kappa shape index (κ2) is 6.29. The molecule has 0 saturated heterocycles. The number of anilines is 1. The van der Waals surface area contributed by atoms with E-state index < -0.39 is 16.6 Å². The number of ether oxygens (including phenoxy) is 1. The van der Waals surface area contributed by atoms with Crippen LogP contribution in [0.4, 0.5) is 14.5 Å². The Morgan fingerprint density at radius 3 is 2.75 bits per heavy atom. The normalized spacial score (nSPS) is 11.8. The highest BCUT2D eigenvalue weighted by Gasteiger charge is 2.22. The number of benzene rings is 2. The molecule has 0 amide bonds. The molecule has 0 radical (unpaired) electrons. The number of aryl methyl sites for hydroxylation is 1. The summed E-state index contributed by atoms with van der Waals surface area (Å²) in [5, 5.41) is 0. The number of sulfonamides is 1. The fourth-order valence-corrected chi connectivity index (χ4v) is 3.95. The van der Waals surface area contributed by atoms with Crippen molar-refractivity contribution in [3.8, 4) is 5.75 Å². The van der Waals surface area contributed by atoms with E-state index in [0.29, 0.717) is 11.1 Å². The Labute approximate surface area is 140 Å². The zero-order valence-corrected chi connectivity index (χ0v) is 13.9. The first-order valence-electron chi connectivity index (χ1n) is 6.66. The maximum absolute atomic E-state index is 12.6. The van der Waals surface area contributed by atoms with Gasteiger partial charge in [0.15, 0.2) is 0 Å². The number of alkyl halides is 2. The van der Waals surface area contributed by atoms with Gasteiger partial charge in [0, 0.05) is 0 Å². The average Bonchev–Trinajstić information content (AvgIpc) is 2.97. The van der Waals surface area contributed by atoms with Crippen molar-refractivity contribution >= 4 is 38.5 Å². The van der Waals surface area contributed by atoms with Gasteiger partial charge in [0.05, 0.1) is 17.4 Å². The van der Waals surface area contributed by atoms with Crippen LogP contribution in [-0.2, 0) is 10.0 Å². The van der Waals surface area contributed by atoms with Gasteiger partial charge in [-0.15, -0.1) is 0 Å². The minimum Gasteiger partial charge on any atom is -0.433 e. The molecule has 0 aliphatic carbocycles. The summed E-state index contributed by atoms with van der Waals surface area (Å²) < 4.78 is 64.9. The van der Waals surface area contributed by atoms with E-state index in [1.165, 1.54) is 24.3 Å². The first kappa shape index (κ1) is 16.5. The monoisotopic (exact) mass is 371 g/mol. The summed E-state index contributed by atoms with van der Waals surface area (Å²) in [7, 11) is -4.06. The number of hydrogen-bond donors (Lipinski definition) is 1. The molecule has 1 heterocycles. The van der Waals surface area contributed by atoms with Crippen LogP contribution in [0.5, 0.6) is 5.75 Å². The van der Waals surface area contributed by atoms with Crippen molar-refractivity contribution < 1.29 is 21.9 Å². The van der Waals surface area contributed by atoms with Gasteiger partial charge >= 0.3 is 6.61 Å². The predicted octanol–water partition coefficient (Wildman–Crippen LogP) is 3.40. The first-order valence-corrected chi connectivity index (χ1v) is 8.88. The molecule has 10 heteroatoms. The second-order valence-electron chi connectivity index (χ2n) is 4.87. The number of fused-ring (bicyclic) bond motifs is 1. The van der Waals surface area contributed by atoms with Gasteiger partial charge in [-0.3, -0.25) is 4.72 Å². The van der Waals surface area contributed by atoms with E-state index in [0.717, 1.165) is 11.7 Å². The highest BCUT2D eigenvalue weighted by molar-refractivity contribution is 7.93. The lowest BCUT2D eigenvalue weighted by molar-refractivity contribution is -0.0493. The van der Waals surface area contributed by atoms with Crippen LogP contribution in [0.15, 0.2) is 41.3 Å². The third kappa shape index (κ3) is 3.29. The minimum atomic E-state index is -4.06. The Morgan fingerprint density at radius 1 is 1.21 bits per heavy atom. The van der Waals surface area contributed by atoms with Crippen LogP contribution < -0.4 is 9.46 Å². The summed E-state index contributed by atoms with van der Waals surface area (Å²) >= 11 is 0.887. The van der Waals surface area contributed by atoms with Crippen molar-refractivity contribution in [2.75, 3.05) is 4.72 Å². The van der Waals surface area contributed by atoms with Gasteiger partial charge in [0.2, 0.25) is 0 Å². The van der Waals surface area contributed by atoms with Crippen molar-refractivity contribution in [1.82, 2.24) is 8.75 Å². The van der Waals surface area contributed by atoms with E-state index in [9.17, 15) is 17.2 Å². The molecular weight excluding hydrogens is 360 g/mol. The molecule has 1 aromatic heterocycles. The summed E-state index contributed by atoms with van der Waals surface area (Å²) in [5.41, 5.74) is 1.27. The van der Waals surface area contributed by atoms with Crippen molar-refractivity contribution in [3.63, 3.8) is 0 Å². The third-order valence-electron chi connectivity index (χ3n) is 3.13. The van der Waals surface area contributed by atoms with Gasteiger partial charge in [-0.05, 0) is 36.8 Å². The van der Waals surface area contributed by atoms with Gasteiger partial charge in [0.1, 0.15) is 21.7 Å². The highest BCUT2D eigenvalue weighted by atomic mass is 32.2. The topological polar surface area (TPSA) is 81.2 Å². The molecule has 24 heavy (non-hydrogen) atoms. The van der Waals surface area contributed by atoms with Gasteiger partial charge < -0.3 is 4.74 Å². The largest absolute Gasteiger partial charge is 0.433 e. The van der Waals surface area contributed by atoms with Crippen LogP contribution in [0.25, 0.3) is 11.0 Å². The zero-order valence-electron chi connectivity index (χ0n) is 12.2. The quantitative estimate of drug-likeness (QED) is 0.743. The summed E-state index contributed by atoms with van der Waals surface area (Å²) in [6, 6.07) is 8.77. The number of rotatable bonds is 5. The third-order valence-corrected chi connectivity index (χ3v) is 5.07. The fourth-order valence-electron chi connectivity index (χ4n) is 2.12. The average molecular weight is 371 g/mol. The van der Waals surface area contributed by atoms with E-state index in [2.05, 4.69) is 18.2 Å². The van der Waals surface area contributed by atoms with Crippen LogP contribution in [0.1, 0.15) is 5.56 Å². The molecule has 3 rings (SSSR count). The number of aromatic nitrogens is 2. The van der Waals surface area contributed by atoms with E-state index in [1.807, 2.05) is 0 Å². The Kier molecular flexibility index (Phi) is 4.33. The second-order valence-corrected chi connectivity index (χ2v) is 7.05. The molecule has 126 valence electrons. The SMILES string of the molecule is Cc1ccc(OC(F)F)c(NS(=O)(=O)c2cccc3nsnc23)c1. The molecule has 3 aromatic rings. The first-order chi connectivity index (χ1) is 11.4. The molecule has 0 fully saturated rings. The zero-order chi connectivity index (χ0) is 17.3. The molecule has 0 unspecified atom stereocenters. The molecule has 0 saturated carbocycles. The lowest BCUT2D eigenvalue weighted by Gasteiger charge is -2.14. The summed E-state index contributed by atoms with van der Waals surface area (Å²) in [5.74, 6) is -0.261. The van der Waals surface area contributed by atoms with Gasteiger partial charge in [-0.1, -0.05) is 12.1 Å². The number of nitrogens with one attached hydrogen (secondary N) is 1. The molecule has 0 bridgehead atoms. The molecule has 2 aromatic carbocycles. The Morgan fingerprint density at radius 2 is 2.00 bits per heavy atom. The van der Waals surface area contributed by atoms with Crippen LogP contribution in [-0.4, -0.2) is 23.8 Å². The van der Waals surface area contributed by atoms with Crippen molar-refractivity contribution in [3.05, 3.63) is 42.0 Å². The molecule has 6 nitrogen and oxygen atoms in total. The lowest BCUT2D eigenvalue weighted by Crippen LogP contribution is -2.15. The predicted molar refractivity (Wildman–Crippen MR) is 86.0 cm³/mol. The lowest BCUT2D eigenvalue weighted by atomic mass is 10.2. The molecule has 1 N–H and O–H groups in total. The molecular formula is C14H11F2N3O3S2. The van der Waals surface area contributed by atoms with Crippen LogP contribution >= 0.6 is 11.7 Å².